The van der Waals surface area contributed by atoms with Gasteiger partial charge in [-0.15, -0.1) is 0 Å². The number of benzene rings is 1. The van der Waals surface area contributed by atoms with Crippen molar-refractivity contribution in [2.24, 2.45) is 0 Å². The minimum absolute atomic E-state index is 0.651. The van der Waals surface area contributed by atoms with Crippen LogP contribution in [0.2, 0.25) is 0 Å². The monoisotopic (exact) mass is 280 g/mol. The first-order chi connectivity index (χ1) is 10.3. The molecule has 21 heavy (non-hydrogen) atoms. The fourth-order valence-corrected chi connectivity index (χ4v) is 2.88. The highest BCUT2D eigenvalue weighted by Gasteiger charge is 2.15. The van der Waals surface area contributed by atoms with Gasteiger partial charge in [-0.3, -0.25) is 0 Å². The SMILES string of the molecule is CN(CCN1CCCC1)c1nc2ccccc2cc1C#N. The Labute approximate surface area is 125 Å². The Morgan fingerprint density at radius 2 is 2.05 bits per heavy atom. The zero-order valence-corrected chi connectivity index (χ0v) is 12.4. The molecule has 1 saturated heterocycles. The van der Waals surface area contributed by atoms with Gasteiger partial charge in [-0.1, -0.05) is 18.2 Å². The van der Waals surface area contributed by atoms with Gasteiger partial charge in [0.15, 0.2) is 0 Å². The molecule has 108 valence electrons. The summed E-state index contributed by atoms with van der Waals surface area (Å²) in [5, 5.41) is 10.4. The van der Waals surface area contributed by atoms with E-state index in [2.05, 4.69) is 20.9 Å². The molecule has 1 aliphatic rings. The number of aromatic nitrogens is 1. The highest BCUT2D eigenvalue weighted by atomic mass is 15.2. The molecule has 0 spiro atoms. The molecule has 0 amide bonds. The normalized spacial score (nSPS) is 15.2. The van der Waals surface area contributed by atoms with Gasteiger partial charge < -0.3 is 9.80 Å². The van der Waals surface area contributed by atoms with Gasteiger partial charge in [-0.2, -0.15) is 5.26 Å². The standard InChI is InChI=1S/C17H20N4/c1-20(10-11-21-8-4-5-9-21)17-15(13-18)12-14-6-2-3-7-16(14)19-17/h2-3,6-7,12H,4-5,8-11H2,1H3. The second-order valence-corrected chi connectivity index (χ2v) is 5.63. The van der Waals surface area contributed by atoms with E-state index in [1.54, 1.807) is 0 Å². The summed E-state index contributed by atoms with van der Waals surface area (Å²) in [5.74, 6) is 0.787. The molecule has 2 aromatic rings. The van der Waals surface area contributed by atoms with E-state index < -0.39 is 0 Å². The number of rotatable bonds is 4. The summed E-state index contributed by atoms with van der Waals surface area (Å²) in [6.45, 7) is 4.34. The molecule has 0 radical (unpaired) electrons. The van der Waals surface area contributed by atoms with Crippen LogP contribution < -0.4 is 4.90 Å². The first kappa shape index (κ1) is 13.8. The predicted molar refractivity (Wildman–Crippen MR) is 85.4 cm³/mol. The lowest BCUT2D eigenvalue weighted by Gasteiger charge is -2.23. The van der Waals surface area contributed by atoms with E-state index in [9.17, 15) is 5.26 Å². The van der Waals surface area contributed by atoms with Crippen LogP contribution in [0.15, 0.2) is 30.3 Å². The largest absolute Gasteiger partial charge is 0.357 e. The number of para-hydroxylation sites is 1. The molecule has 0 unspecified atom stereocenters. The number of likely N-dealkylation sites (N-methyl/N-ethyl adjacent to an activating group) is 1. The van der Waals surface area contributed by atoms with Crippen molar-refractivity contribution in [3.63, 3.8) is 0 Å². The summed E-state index contributed by atoms with van der Waals surface area (Å²) >= 11 is 0. The third-order valence-electron chi connectivity index (χ3n) is 4.14. The van der Waals surface area contributed by atoms with Gasteiger partial charge in [0.25, 0.3) is 0 Å². The van der Waals surface area contributed by atoms with Gasteiger partial charge in [0.2, 0.25) is 0 Å². The highest BCUT2D eigenvalue weighted by Crippen LogP contribution is 2.22. The number of nitriles is 1. The van der Waals surface area contributed by atoms with Crippen molar-refractivity contribution >= 4 is 16.7 Å². The molecule has 4 nitrogen and oxygen atoms in total. The molecule has 0 aliphatic carbocycles. The van der Waals surface area contributed by atoms with Gasteiger partial charge >= 0.3 is 0 Å². The van der Waals surface area contributed by atoms with Crippen molar-refractivity contribution in [3.8, 4) is 6.07 Å². The number of hydrogen-bond donors (Lipinski definition) is 0. The van der Waals surface area contributed by atoms with E-state index in [1.165, 1.54) is 25.9 Å². The maximum atomic E-state index is 9.38. The molecule has 3 rings (SSSR count). The lowest BCUT2D eigenvalue weighted by atomic mass is 10.1. The summed E-state index contributed by atoms with van der Waals surface area (Å²) < 4.78 is 0. The fourth-order valence-electron chi connectivity index (χ4n) is 2.88. The van der Waals surface area contributed by atoms with Gasteiger partial charge in [-0.25, -0.2) is 4.98 Å². The number of nitrogens with zero attached hydrogens (tertiary/aromatic N) is 4. The number of anilines is 1. The first-order valence-corrected chi connectivity index (χ1v) is 7.51. The topological polar surface area (TPSA) is 43.2 Å². The van der Waals surface area contributed by atoms with Crippen LogP contribution in [0.4, 0.5) is 5.82 Å². The highest BCUT2D eigenvalue weighted by molar-refractivity contribution is 5.83. The van der Waals surface area contributed by atoms with Gasteiger partial charge in [0, 0.05) is 25.5 Å². The third-order valence-corrected chi connectivity index (χ3v) is 4.14. The van der Waals surface area contributed by atoms with E-state index in [4.69, 9.17) is 0 Å². The molecule has 0 saturated carbocycles. The van der Waals surface area contributed by atoms with Gasteiger partial charge in [0.05, 0.1) is 11.1 Å². The smallest absolute Gasteiger partial charge is 0.147 e. The molecule has 0 bridgehead atoms. The van der Waals surface area contributed by atoms with Crippen LogP contribution in [0.1, 0.15) is 18.4 Å². The Kier molecular flexibility index (Phi) is 4.03. The van der Waals surface area contributed by atoms with Crippen LogP contribution in [0.25, 0.3) is 10.9 Å². The molecular weight excluding hydrogens is 260 g/mol. The van der Waals surface area contributed by atoms with Crippen LogP contribution in [0.5, 0.6) is 0 Å². The van der Waals surface area contributed by atoms with Crippen molar-refractivity contribution in [1.29, 1.82) is 5.26 Å². The average molecular weight is 280 g/mol. The molecule has 1 aromatic heterocycles. The maximum Gasteiger partial charge on any atom is 0.147 e. The summed E-state index contributed by atoms with van der Waals surface area (Å²) in [5.41, 5.74) is 1.59. The molecule has 4 heteroatoms. The lowest BCUT2D eigenvalue weighted by Crippen LogP contribution is -2.32. The summed E-state index contributed by atoms with van der Waals surface area (Å²) in [6.07, 6.45) is 2.61. The van der Waals surface area contributed by atoms with Crippen LogP contribution in [-0.4, -0.2) is 43.1 Å². The molecule has 0 atom stereocenters. The summed E-state index contributed by atoms with van der Waals surface area (Å²) in [6, 6.07) is 12.2. The third kappa shape index (κ3) is 2.98. The Hall–Kier alpha value is -2.12. The lowest BCUT2D eigenvalue weighted by molar-refractivity contribution is 0.346. The van der Waals surface area contributed by atoms with Gasteiger partial charge in [0.1, 0.15) is 11.9 Å². The zero-order chi connectivity index (χ0) is 14.7. The van der Waals surface area contributed by atoms with Crippen LogP contribution in [0.3, 0.4) is 0 Å². The molecular formula is C17H20N4. The van der Waals surface area contributed by atoms with Crippen molar-refractivity contribution in [2.75, 3.05) is 38.1 Å². The quantitative estimate of drug-likeness (QED) is 0.863. The van der Waals surface area contributed by atoms with E-state index in [0.29, 0.717) is 5.56 Å². The van der Waals surface area contributed by atoms with Crippen LogP contribution >= 0.6 is 0 Å². The second kappa shape index (κ2) is 6.11. The number of fused-ring (bicyclic) bond motifs is 1. The summed E-state index contributed by atoms with van der Waals surface area (Å²) in [4.78, 5) is 9.25. The number of hydrogen-bond acceptors (Lipinski definition) is 4. The summed E-state index contributed by atoms with van der Waals surface area (Å²) in [7, 11) is 2.02. The molecule has 1 fully saturated rings. The van der Waals surface area contributed by atoms with E-state index >= 15 is 0 Å². The van der Waals surface area contributed by atoms with Crippen molar-refractivity contribution in [3.05, 3.63) is 35.9 Å². The average Bonchev–Trinajstić information content (AvgIpc) is 3.04. The Morgan fingerprint density at radius 3 is 2.81 bits per heavy atom. The van der Waals surface area contributed by atoms with Crippen LogP contribution in [0, 0.1) is 11.3 Å². The van der Waals surface area contributed by atoms with Crippen molar-refractivity contribution < 1.29 is 0 Å². The minimum Gasteiger partial charge on any atom is -0.357 e. The van der Waals surface area contributed by atoms with E-state index in [0.717, 1.165) is 29.8 Å². The van der Waals surface area contributed by atoms with Crippen molar-refractivity contribution in [2.45, 2.75) is 12.8 Å². The van der Waals surface area contributed by atoms with Crippen molar-refractivity contribution in [1.82, 2.24) is 9.88 Å². The Morgan fingerprint density at radius 1 is 1.29 bits per heavy atom. The molecule has 0 N–H and O–H groups in total. The Bertz CT molecular complexity index is 668. The number of pyridine rings is 1. The van der Waals surface area contributed by atoms with Gasteiger partial charge in [-0.05, 0) is 38.1 Å². The molecule has 1 aliphatic heterocycles. The second-order valence-electron chi connectivity index (χ2n) is 5.63. The predicted octanol–water partition coefficient (Wildman–Crippen LogP) is 2.64. The number of likely N-dealkylation sites (tertiary alicyclic amines) is 1. The zero-order valence-electron chi connectivity index (χ0n) is 12.4. The molecule has 1 aromatic carbocycles. The molecule has 2 heterocycles. The minimum atomic E-state index is 0.651. The fraction of sp³-hybridized carbons (Fsp3) is 0.412. The van der Waals surface area contributed by atoms with E-state index in [-0.39, 0.29) is 0 Å². The van der Waals surface area contributed by atoms with Crippen LogP contribution in [-0.2, 0) is 0 Å². The van der Waals surface area contributed by atoms with E-state index in [1.807, 2.05) is 37.4 Å². The maximum absolute atomic E-state index is 9.38. The Balaban J connectivity index is 1.82. The first-order valence-electron chi connectivity index (χ1n) is 7.51.